The van der Waals surface area contributed by atoms with Gasteiger partial charge in [0.1, 0.15) is 5.75 Å². The maximum Gasteiger partial charge on any atom is 0.262 e. The lowest BCUT2D eigenvalue weighted by molar-refractivity contribution is 0.174. The van der Waals surface area contributed by atoms with Crippen molar-refractivity contribution < 1.29 is 18.7 Å². The molecule has 0 bridgehead atoms. The minimum absolute atomic E-state index is 0.127. The first-order valence-corrected chi connectivity index (χ1v) is 11.3. The fraction of sp³-hybridized carbons (Fsp3) is 0.217. The van der Waals surface area contributed by atoms with E-state index in [0.717, 1.165) is 11.3 Å². The smallest absolute Gasteiger partial charge is 0.262 e. The quantitative estimate of drug-likeness (QED) is 0.217. The van der Waals surface area contributed by atoms with E-state index in [9.17, 15) is 4.79 Å². The number of ether oxygens (including phenoxy) is 3. The molecule has 0 N–H and O–H groups in total. The van der Waals surface area contributed by atoms with Gasteiger partial charge in [0.05, 0.1) is 23.3 Å². The van der Waals surface area contributed by atoms with Crippen LogP contribution >= 0.6 is 11.8 Å². The number of benzene rings is 2. The second-order valence-corrected chi connectivity index (χ2v) is 8.02. The van der Waals surface area contributed by atoms with Crippen molar-refractivity contribution in [2.24, 2.45) is 0 Å². The molecule has 1 aliphatic heterocycles. The van der Waals surface area contributed by atoms with E-state index in [2.05, 4.69) is 21.7 Å². The lowest BCUT2D eigenvalue weighted by Crippen LogP contribution is -2.22. The van der Waals surface area contributed by atoms with Gasteiger partial charge in [-0.25, -0.2) is 4.98 Å². The van der Waals surface area contributed by atoms with Gasteiger partial charge in [0, 0.05) is 18.2 Å². The van der Waals surface area contributed by atoms with E-state index in [0.29, 0.717) is 58.2 Å². The highest BCUT2D eigenvalue weighted by Gasteiger charge is 2.19. The topological polar surface area (TPSA) is 102 Å². The standard InChI is InChI=1S/C23H20N4O5S/c1-3-9-27-22(28)16-10-18-19(31-13-30-18)11-17(16)24-23(27)33-12-20-25-21(26-32-20)14-5-7-15(8-6-14)29-4-2/h3,5-8,10-11H,1,4,9,12-13H2,2H3. The number of hydrogen-bond acceptors (Lipinski definition) is 9. The SMILES string of the molecule is C=CCn1c(SCc2nc(-c3ccc(OCC)cc3)no2)nc2cc3c(cc2c1=O)OCO3. The summed E-state index contributed by atoms with van der Waals surface area (Å²) in [6.07, 6.45) is 1.66. The molecule has 0 radical (unpaired) electrons. The average molecular weight is 465 g/mol. The Hall–Kier alpha value is -3.79. The van der Waals surface area contributed by atoms with Crippen LogP contribution < -0.4 is 19.8 Å². The fourth-order valence-corrected chi connectivity index (χ4v) is 4.26. The predicted molar refractivity (Wildman–Crippen MR) is 123 cm³/mol. The summed E-state index contributed by atoms with van der Waals surface area (Å²) in [5.74, 6) is 3.16. The molecule has 0 spiro atoms. The number of hydrogen-bond donors (Lipinski definition) is 0. The van der Waals surface area contributed by atoms with Crippen molar-refractivity contribution in [1.82, 2.24) is 19.7 Å². The molecule has 0 fully saturated rings. The highest BCUT2D eigenvalue weighted by molar-refractivity contribution is 7.98. The van der Waals surface area contributed by atoms with Crippen LogP contribution in [0.2, 0.25) is 0 Å². The molecule has 0 amide bonds. The summed E-state index contributed by atoms with van der Waals surface area (Å²) in [6, 6.07) is 10.9. The number of aromatic nitrogens is 4. The zero-order chi connectivity index (χ0) is 22.8. The minimum Gasteiger partial charge on any atom is -0.494 e. The van der Waals surface area contributed by atoms with Gasteiger partial charge in [-0.1, -0.05) is 23.0 Å². The predicted octanol–water partition coefficient (Wildman–Crippen LogP) is 4.05. The molecule has 2 aromatic carbocycles. The number of thioether (sulfide) groups is 1. The molecule has 0 unspecified atom stereocenters. The van der Waals surface area contributed by atoms with E-state index in [1.54, 1.807) is 22.8 Å². The lowest BCUT2D eigenvalue weighted by atomic mass is 10.2. The second kappa shape index (κ2) is 8.99. The van der Waals surface area contributed by atoms with Gasteiger partial charge < -0.3 is 18.7 Å². The van der Waals surface area contributed by atoms with E-state index in [4.69, 9.17) is 18.7 Å². The third-order valence-electron chi connectivity index (χ3n) is 4.94. The van der Waals surface area contributed by atoms with Crippen molar-refractivity contribution in [3.05, 3.63) is 65.3 Å². The van der Waals surface area contributed by atoms with E-state index in [-0.39, 0.29) is 12.4 Å². The third kappa shape index (κ3) is 4.17. The molecule has 33 heavy (non-hydrogen) atoms. The van der Waals surface area contributed by atoms with Crippen LogP contribution in [0.15, 0.2) is 63.5 Å². The third-order valence-corrected chi connectivity index (χ3v) is 5.90. The molecule has 0 saturated carbocycles. The zero-order valence-corrected chi connectivity index (χ0v) is 18.6. The van der Waals surface area contributed by atoms with E-state index >= 15 is 0 Å². The van der Waals surface area contributed by atoms with Crippen LogP contribution in [0.1, 0.15) is 12.8 Å². The average Bonchev–Trinajstić information content (AvgIpc) is 3.49. The summed E-state index contributed by atoms with van der Waals surface area (Å²) in [5, 5.41) is 5.04. The van der Waals surface area contributed by atoms with E-state index < -0.39 is 0 Å². The molecule has 9 nitrogen and oxygen atoms in total. The second-order valence-electron chi connectivity index (χ2n) is 7.08. The first kappa shape index (κ1) is 21.1. The first-order valence-electron chi connectivity index (χ1n) is 10.3. The summed E-state index contributed by atoms with van der Waals surface area (Å²) < 4.78 is 23.3. The summed E-state index contributed by atoms with van der Waals surface area (Å²) in [5.41, 5.74) is 1.18. The Balaban J connectivity index is 1.40. The summed E-state index contributed by atoms with van der Waals surface area (Å²) in [4.78, 5) is 22.3. The van der Waals surface area contributed by atoms with Crippen LogP contribution in [-0.4, -0.2) is 33.1 Å². The number of fused-ring (bicyclic) bond motifs is 2. The van der Waals surface area contributed by atoms with Gasteiger partial charge >= 0.3 is 0 Å². The van der Waals surface area contributed by atoms with Crippen LogP contribution in [-0.2, 0) is 12.3 Å². The Morgan fingerprint density at radius 2 is 1.97 bits per heavy atom. The summed E-state index contributed by atoms with van der Waals surface area (Å²) in [7, 11) is 0. The minimum atomic E-state index is -0.179. The molecule has 4 aromatic rings. The van der Waals surface area contributed by atoms with E-state index in [1.807, 2.05) is 31.2 Å². The summed E-state index contributed by atoms with van der Waals surface area (Å²) in [6.45, 7) is 6.74. The maximum atomic E-state index is 13.1. The molecule has 168 valence electrons. The van der Waals surface area contributed by atoms with Gasteiger partial charge in [0.25, 0.3) is 5.56 Å². The fourth-order valence-electron chi connectivity index (χ4n) is 3.41. The highest BCUT2D eigenvalue weighted by atomic mass is 32.2. The molecule has 5 rings (SSSR count). The molecule has 0 saturated heterocycles. The Bertz CT molecular complexity index is 1380. The largest absolute Gasteiger partial charge is 0.494 e. The zero-order valence-electron chi connectivity index (χ0n) is 17.8. The first-order chi connectivity index (χ1) is 16.2. The maximum absolute atomic E-state index is 13.1. The Morgan fingerprint density at radius 3 is 2.73 bits per heavy atom. The monoisotopic (exact) mass is 464 g/mol. The van der Waals surface area contributed by atoms with Crippen molar-refractivity contribution in [3.8, 4) is 28.6 Å². The Morgan fingerprint density at radius 1 is 1.18 bits per heavy atom. The number of allylic oxidation sites excluding steroid dienone is 1. The van der Waals surface area contributed by atoms with Gasteiger partial charge in [-0.15, -0.1) is 6.58 Å². The number of rotatable bonds is 8. The van der Waals surface area contributed by atoms with Crippen molar-refractivity contribution in [3.63, 3.8) is 0 Å². The van der Waals surface area contributed by atoms with Crippen molar-refractivity contribution >= 4 is 22.7 Å². The molecule has 2 aromatic heterocycles. The highest BCUT2D eigenvalue weighted by Crippen LogP contribution is 2.35. The van der Waals surface area contributed by atoms with Gasteiger partial charge in [-0.2, -0.15) is 4.98 Å². The molecule has 10 heteroatoms. The van der Waals surface area contributed by atoms with Gasteiger partial charge in [-0.3, -0.25) is 9.36 Å². The molecule has 0 atom stereocenters. The van der Waals surface area contributed by atoms with Crippen LogP contribution in [0, 0.1) is 0 Å². The van der Waals surface area contributed by atoms with Gasteiger partial charge in [0.2, 0.25) is 18.5 Å². The van der Waals surface area contributed by atoms with Gasteiger partial charge in [0.15, 0.2) is 16.7 Å². The molecule has 0 aliphatic carbocycles. The Labute approximate surface area is 193 Å². The van der Waals surface area contributed by atoms with Gasteiger partial charge in [-0.05, 0) is 37.3 Å². The van der Waals surface area contributed by atoms with Crippen LogP contribution in [0.5, 0.6) is 17.2 Å². The normalized spacial score (nSPS) is 12.3. The lowest BCUT2D eigenvalue weighted by Gasteiger charge is -2.11. The van der Waals surface area contributed by atoms with Crippen LogP contribution in [0.4, 0.5) is 0 Å². The molecule has 1 aliphatic rings. The molecular formula is C23H20N4O5S. The molecular weight excluding hydrogens is 444 g/mol. The van der Waals surface area contributed by atoms with Crippen LogP contribution in [0.25, 0.3) is 22.3 Å². The summed E-state index contributed by atoms with van der Waals surface area (Å²) >= 11 is 1.34. The van der Waals surface area contributed by atoms with Crippen LogP contribution in [0.3, 0.4) is 0 Å². The number of nitrogens with zero attached hydrogens (tertiary/aromatic N) is 4. The Kier molecular flexibility index (Phi) is 5.74. The van der Waals surface area contributed by atoms with Crippen molar-refractivity contribution in [2.75, 3.05) is 13.4 Å². The molecule has 3 heterocycles. The van der Waals surface area contributed by atoms with E-state index in [1.165, 1.54) is 11.8 Å². The van der Waals surface area contributed by atoms with Crippen molar-refractivity contribution in [2.45, 2.75) is 24.4 Å². The van der Waals surface area contributed by atoms with Crippen molar-refractivity contribution in [1.29, 1.82) is 0 Å².